The molecule has 51 heavy (non-hydrogen) atoms. The molecule has 3 heteroatoms. The van der Waals surface area contributed by atoms with Gasteiger partial charge >= 0.3 is 0 Å². The number of hydrogen-bond donors (Lipinski definition) is 0. The number of rotatable bonds is 5. The summed E-state index contributed by atoms with van der Waals surface area (Å²) in [6.07, 6.45) is 2.20. The predicted molar refractivity (Wildman–Crippen MR) is 212 cm³/mol. The summed E-state index contributed by atoms with van der Waals surface area (Å²) in [5, 5.41) is 2.34. The molecular weight excluding hydrogens is 619 g/mol. The third kappa shape index (κ3) is 5.13. The van der Waals surface area contributed by atoms with Gasteiger partial charge < -0.3 is 0 Å². The third-order valence-corrected chi connectivity index (χ3v) is 11.5. The van der Waals surface area contributed by atoms with Crippen molar-refractivity contribution in [3.8, 4) is 56.4 Å². The zero-order valence-corrected chi connectivity index (χ0v) is 30.4. The second-order valence-electron chi connectivity index (χ2n) is 15.9. The van der Waals surface area contributed by atoms with Crippen LogP contribution < -0.4 is 0 Å². The Balaban J connectivity index is 1.21. The molecule has 2 aliphatic rings. The maximum absolute atomic E-state index is 5.25. The van der Waals surface area contributed by atoms with Crippen molar-refractivity contribution >= 4 is 10.8 Å². The zero-order chi connectivity index (χ0) is 35.1. The van der Waals surface area contributed by atoms with E-state index in [0.29, 0.717) is 23.4 Å². The first-order valence-electron chi connectivity index (χ1n) is 18.4. The van der Waals surface area contributed by atoms with Gasteiger partial charge in [-0.1, -0.05) is 149 Å². The highest BCUT2D eigenvalue weighted by atomic mass is 15.0. The summed E-state index contributed by atoms with van der Waals surface area (Å²) >= 11 is 0. The Morgan fingerprint density at radius 1 is 0.510 bits per heavy atom. The summed E-state index contributed by atoms with van der Waals surface area (Å²) in [4.78, 5) is 15.6. The zero-order valence-electron chi connectivity index (χ0n) is 30.4. The Bertz CT molecular complexity index is 2500. The van der Waals surface area contributed by atoms with E-state index in [1.807, 2.05) is 0 Å². The normalized spacial score (nSPS) is 16.5. The van der Waals surface area contributed by atoms with Gasteiger partial charge in [-0.05, 0) is 98.0 Å². The topological polar surface area (TPSA) is 38.7 Å². The summed E-state index contributed by atoms with van der Waals surface area (Å²) in [6.45, 7) is 13.9. The highest BCUT2D eigenvalue weighted by molar-refractivity contribution is 6.04. The number of hydrogen-bond acceptors (Lipinski definition) is 3. The number of fused-ring (bicyclic) bond motifs is 5. The van der Waals surface area contributed by atoms with Crippen molar-refractivity contribution in [2.24, 2.45) is 0 Å². The van der Waals surface area contributed by atoms with Crippen molar-refractivity contribution in [2.45, 2.75) is 71.1 Å². The SMILES string of the molecule is CC[C@@H]1c2ccccc2-c2ccc(-c3nc(-c4ccc(C)cc4)nc(-c4ccc(-c5ccc6c(c5)C(C)(C)CC6(C)C)c5ccccc45)n3)cc21. The van der Waals surface area contributed by atoms with Gasteiger partial charge in [-0.3, -0.25) is 0 Å². The molecule has 6 aromatic carbocycles. The van der Waals surface area contributed by atoms with Gasteiger partial charge in [0.2, 0.25) is 0 Å². The van der Waals surface area contributed by atoms with Crippen molar-refractivity contribution < 1.29 is 0 Å². The van der Waals surface area contributed by atoms with Crippen LogP contribution in [0.5, 0.6) is 0 Å². The first-order chi connectivity index (χ1) is 24.6. The average Bonchev–Trinajstić information content (AvgIpc) is 3.56. The molecule has 3 nitrogen and oxygen atoms in total. The lowest BCUT2D eigenvalue weighted by atomic mass is 9.82. The van der Waals surface area contributed by atoms with Crippen LogP contribution in [0, 0.1) is 6.92 Å². The fourth-order valence-corrected chi connectivity index (χ4v) is 9.25. The minimum absolute atomic E-state index is 0.135. The lowest BCUT2D eigenvalue weighted by molar-refractivity contribution is 0.403. The molecule has 1 atom stereocenters. The first kappa shape index (κ1) is 31.6. The Labute approximate surface area is 301 Å². The van der Waals surface area contributed by atoms with Crippen LogP contribution in [0.4, 0.5) is 0 Å². The molecule has 0 bridgehead atoms. The second kappa shape index (κ2) is 11.6. The Hall–Kier alpha value is -5.41. The molecule has 0 spiro atoms. The molecule has 9 rings (SSSR count). The summed E-state index contributed by atoms with van der Waals surface area (Å²) < 4.78 is 0. The predicted octanol–water partition coefficient (Wildman–Crippen LogP) is 12.5. The van der Waals surface area contributed by atoms with Gasteiger partial charge in [0.1, 0.15) is 0 Å². The molecular formula is C48H43N3. The summed E-state index contributed by atoms with van der Waals surface area (Å²) in [5.74, 6) is 2.43. The van der Waals surface area contributed by atoms with Gasteiger partial charge in [0.15, 0.2) is 17.5 Å². The Kier molecular flexibility index (Phi) is 7.16. The van der Waals surface area contributed by atoms with E-state index in [-0.39, 0.29) is 10.8 Å². The van der Waals surface area contributed by atoms with Crippen molar-refractivity contribution in [1.29, 1.82) is 0 Å². The van der Waals surface area contributed by atoms with E-state index in [4.69, 9.17) is 15.0 Å². The van der Waals surface area contributed by atoms with Crippen LogP contribution in [-0.2, 0) is 10.8 Å². The molecule has 2 aliphatic carbocycles. The van der Waals surface area contributed by atoms with Crippen LogP contribution in [0.25, 0.3) is 67.2 Å². The molecule has 0 radical (unpaired) electrons. The standard InChI is InChI=1S/C48H43N3/c1-7-33-35-12-8-10-14-37(35)39-22-20-32(26-41(33)39)45-49-44(30-18-16-29(2)17-19-30)50-46(51-45)40-24-23-34(36-13-9-11-15-38(36)40)31-21-25-42-43(27-31)48(5,6)28-47(42,3)4/h8-27,33H,7,28H2,1-6H3/t33-/m1/s1. The van der Waals surface area contributed by atoms with E-state index in [2.05, 4.69) is 163 Å². The van der Waals surface area contributed by atoms with E-state index in [9.17, 15) is 0 Å². The molecule has 0 amide bonds. The van der Waals surface area contributed by atoms with Gasteiger partial charge in [-0.2, -0.15) is 0 Å². The maximum Gasteiger partial charge on any atom is 0.164 e. The molecule has 0 unspecified atom stereocenters. The first-order valence-corrected chi connectivity index (χ1v) is 18.4. The lowest BCUT2D eigenvalue weighted by Gasteiger charge is -2.22. The van der Waals surface area contributed by atoms with Crippen molar-refractivity contribution in [1.82, 2.24) is 15.0 Å². The summed E-state index contributed by atoms with van der Waals surface area (Å²) in [7, 11) is 0. The van der Waals surface area contributed by atoms with Crippen LogP contribution in [0.3, 0.4) is 0 Å². The second-order valence-corrected chi connectivity index (χ2v) is 15.9. The Morgan fingerprint density at radius 2 is 1.08 bits per heavy atom. The fraction of sp³-hybridized carbons (Fsp3) is 0.229. The smallest absolute Gasteiger partial charge is 0.164 e. The van der Waals surface area contributed by atoms with Gasteiger partial charge in [-0.25, -0.2) is 15.0 Å². The molecule has 0 saturated heterocycles. The number of nitrogens with zero attached hydrogens (tertiary/aromatic N) is 3. The minimum Gasteiger partial charge on any atom is -0.208 e. The molecule has 0 N–H and O–H groups in total. The largest absolute Gasteiger partial charge is 0.208 e. The lowest BCUT2D eigenvalue weighted by Crippen LogP contribution is -2.17. The highest BCUT2D eigenvalue weighted by Crippen LogP contribution is 2.51. The van der Waals surface area contributed by atoms with Crippen LogP contribution in [0.15, 0.2) is 121 Å². The number of benzene rings is 6. The molecule has 0 aliphatic heterocycles. The van der Waals surface area contributed by atoms with Gasteiger partial charge in [0.25, 0.3) is 0 Å². The van der Waals surface area contributed by atoms with Gasteiger partial charge in [0, 0.05) is 22.6 Å². The van der Waals surface area contributed by atoms with Gasteiger partial charge in [-0.15, -0.1) is 0 Å². The Morgan fingerprint density at radius 3 is 1.84 bits per heavy atom. The van der Waals surface area contributed by atoms with Crippen molar-refractivity contribution in [3.63, 3.8) is 0 Å². The molecule has 7 aromatic rings. The van der Waals surface area contributed by atoms with E-state index < -0.39 is 0 Å². The van der Waals surface area contributed by atoms with Crippen molar-refractivity contribution in [2.75, 3.05) is 0 Å². The number of aromatic nitrogens is 3. The average molecular weight is 662 g/mol. The van der Waals surface area contributed by atoms with Crippen LogP contribution in [-0.4, -0.2) is 15.0 Å². The molecule has 1 aromatic heterocycles. The van der Waals surface area contributed by atoms with Crippen LogP contribution >= 0.6 is 0 Å². The molecule has 0 fully saturated rings. The fourth-order valence-electron chi connectivity index (χ4n) is 9.25. The van der Waals surface area contributed by atoms with E-state index in [1.54, 1.807) is 0 Å². The number of aryl methyl sites for hydroxylation is 1. The summed E-state index contributed by atoms with van der Waals surface area (Å²) in [6, 6.07) is 44.4. The maximum atomic E-state index is 5.25. The van der Waals surface area contributed by atoms with Crippen LogP contribution in [0.2, 0.25) is 0 Å². The third-order valence-electron chi connectivity index (χ3n) is 11.5. The molecule has 0 saturated carbocycles. The molecule has 250 valence electrons. The van der Waals surface area contributed by atoms with Crippen LogP contribution in [0.1, 0.15) is 81.2 Å². The quantitative estimate of drug-likeness (QED) is 0.184. The molecule has 1 heterocycles. The van der Waals surface area contributed by atoms with E-state index in [1.165, 1.54) is 55.5 Å². The van der Waals surface area contributed by atoms with E-state index >= 15 is 0 Å². The highest BCUT2D eigenvalue weighted by Gasteiger charge is 2.41. The van der Waals surface area contributed by atoms with Gasteiger partial charge in [0.05, 0.1) is 0 Å². The monoisotopic (exact) mass is 661 g/mol. The minimum atomic E-state index is 0.135. The van der Waals surface area contributed by atoms with Crippen molar-refractivity contribution in [3.05, 3.63) is 149 Å². The summed E-state index contributed by atoms with van der Waals surface area (Å²) in [5.41, 5.74) is 15.4. The van der Waals surface area contributed by atoms with E-state index in [0.717, 1.165) is 34.9 Å².